The van der Waals surface area contributed by atoms with Crippen molar-refractivity contribution in [3.63, 3.8) is 0 Å². The Labute approximate surface area is 168 Å². The molecule has 1 spiro atoms. The lowest BCUT2D eigenvalue weighted by atomic mass is 9.76. The minimum absolute atomic E-state index is 0.0272. The number of ether oxygens (including phenoxy) is 2. The van der Waals surface area contributed by atoms with Gasteiger partial charge in [0.05, 0.1) is 31.6 Å². The molecule has 1 aromatic carbocycles. The second-order valence-electron chi connectivity index (χ2n) is 7.88. The van der Waals surface area contributed by atoms with Crippen molar-refractivity contribution in [3.05, 3.63) is 42.0 Å². The van der Waals surface area contributed by atoms with Crippen molar-refractivity contribution < 1.29 is 19.1 Å². The number of likely N-dealkylation sites (tertiary alicyclic amines) is 1. The van der Waals surface area contributed by atoms with E-state index >= 15 is 0 Å². The number of hydrogen-bond acceptors (Lipinski definition) is 5. The van der Waals surface area contributed by atoms with Gasteiger partial charge in [0.15, 0.2) is 0 Å². The van der Waals surface area contributed by atoms with Gasteiger partial charge in [-0.2, -0.15) is 11.8 Å². The maximum Gasteiger partial charge on any atom is 0.230 e. The van der Waals surface area contributed by atoms with E-state index in [1.165, 1.54) is 0 Å². The zero-order valence-electron chi connectivity index (χ0n) is 15.9. The Hall–Kier alpha value is -1.99. The number of hydrogen-bond donors (Lipinski definition) is 0. The van der Waals surface area contributed by atoms with Crippen molar-refractivity contribution >= 4 is 23.6 Å². The van der Waals surface area contributed by atoms with E-state index in [-0.39, 0.29) is 17.9 Å². The van der Waals surface area contributed by atoms with Gasteiger partial charge in [0.2, 0.25) is 11.8 Å². The topological polar surface area (TPSA) is 59.1 Å². The highest BCUT2D eigenvalue weighted by Crippen LogP contribution is 2.52. The second-order valence-corrected chi connectivity index (χ2v) is 9.11. The average molecular weight is 401 g/mol. The molecule has 0 unspecified atom stereocenters. The third-order valence-electron chi connectivity index (χ3n) is 6.29. The molecule has 28 heavy (non-hydrogen) atoms. The molecule has 7 heteroatoms. The predicted octanol–water partition coefficient (Wildman–Crippen LogP) is 1.55. The van der Waals surface area contributed by atoms with E-state index < -0.39 is 17.4 Å². The fraction of sp³-hybridized carbons (Fsp3) is 0.524. The van der Waals surface area contributed by atoms with Crippen LogP contribution in [-0.2, 0) is 20.9 Å². The molecule has 2 amide bonds. The predicted molar refractivity (Wildman–Crippen MR) is 106 cm³/mol. The fourth-order valence-corrected chi connectivity index (χ4v) is 5.88. The van der Waals surface area contributed by atoms with E-state index in [1.54, 1.807) is 7.11 Å². The van der Waals surface area contributed by atoms with Gasteiger partial charge in [-0.15, -0.1) is 0 Å². The van der Waals surface area contributed by atoms with Crippen LogP contribution < -0.4 is 4.74 Å². The highest BCUT2D eigenvalue weighted by molar-refractivity contribution is 7.99. The van der Waals surface area contributed by atoms with Gasteiger partial charge >= 0.3 is 0 Å². The standard InChI is InChI=1S/C21H24N2O4S/c1-26-15-4-2-3-14(11-15)12-23-13-21-6-5-16(27-21)17(18(21)20(23)25)19(24)22-7-9-28-10-8-22/h2-6,11,16-18H,7-10,12-13H2,1H3/t16-,17-,18-,21-/m0/s1. The summed E-state index contributed by atoms with van der Waals surface area (Å²) in [4.78, 5) is 30.3. The molecule has 0 aromatic heterocycles. The number of nitrogens with zero attached hydrogens (tertiary/aromatic N) is 2. The van der Waals surface area contributed by atoms with E-state index in [0.717, 1.165) is 35.9 Å². The Morgan fingerprint density at radius 3 is 2.96 bits per heavy atom. The minimum atomic E-state index is -0.647. The molecule has 0 radical (unpaired) electrons. The van der Waals surface area contributed by atoms with E-state index in [9.17, 15) is 9.59 Å². The Morgan fingerprint density at radius 2 is 2.18 bits per heavy atom. The van der Waals surface area contributed by atoms with Crippen molar-refractivity contribution in [2.75, 3.05) is 38.2 Å². The zero-order chi connectivity index (χ0) is 19.3. The van der Waals surface area contributed by atoms with Crippen molar-refractivity contribution in [1.82, 2.24) is 9.80 Å². The number of fused-ring (bicyclic) bond motifs is 1. The minimum Gasteiger partial charge on any atom is -0.497 e. The zero-order valence-corrected chi connectivity index (χ0v) is 16.7. The molecule has 4 atom stereocenters. The molecule has 148 valence electrons. The first-order valence-electron chi connectivity index (χ1n) is 9.77. The van der Waals surface area contributed by atoms with Crippen molar-refractivity contribution in [2.45, 2.75) is 18.2 Å². The maximum absolute atomic E-state index is 13.3. The van der Waals surface area contributed by atoms with Crippen molar-refractivity contribution in [1.29, 1.82) is 0 Å². The lowest BCUT2D eigenvalue weighted by Crippen LogP contribution is -2.48. The molecule has 5 rings (SSSR count). The fourth-order valence-electron chi connectivity index (χ4n) is 4.98. The molecule has 4 heterocycles. The summed E-state index contributed by atoms with van der Waals surface area (Å²) in [5.74, 6) is 2.01. The number of carbonyl (C=O) groups excluding carboxylic acids is 2. The Balaban J connectivity index is 1.38. The lowest BCUT2D eigenvalue weighted by Gasteiger charge is -2.32. The first kappa shape index (κ1) is 18.1. The summed E-state index contributed by atoms with van der Waals surface area (Å²) < 4.78 is 11.5. The van der Waals surface area contributed by atoms with Gasteiger partial charge in [-0.3, -0.25) is 9.59 Å². The Morgan fingerprint density at radius 1 is 1.36 bits per heavy atom. The molecular formula is C21H24N2O4S. The van der Waals surface area contributed by atoms with Crippen LogP contribution in [-0.4, -0.2) is 71.6 Å². The molecule has 0 N–H and O–H groups in total. The van der Waals surface area contributed by atoms with Gasteiger partial charge in [0.25, 0.3) is 0 Å². The number of methoxy groups -OCH3 is 1. The van der Waals surface area contributed by atoms with Crippen LogP contribution in [0.1, 0.15) is 5.56 Å². The summed E-state index contributed by atoms with van der Waals surface area (Å²) in [6.07, 6.45) is 3.73. The molecular weight excluding hydrogens is 376 g/mol. The van der Waals surface area contributed by atoms with E-state index in [0.29, 0.717) is 13.1 Å². The molecule has 2 bridgehead atoms. The molecule has 0 saturated carbocycles. The summed E-state index contributed by atoms with van der Waals surface area (Å²) in [5.41, 5.74) is 0.365. The summed E-state index contributed by atoms with van der Waals surface area (Å²) in [6, 6.07) is 7.75. The van der Waals surface area contributed by atoms with Gasteiger partial charge in [-0.1, -0.05) is 24.3 Å². The monoisotopic (exact) mass is 400 g/mol. The molecule has 3 fully saturated rings. The smallest absolute Gasteiger partial charge is 0.230 e. The van der Waals surface area contributed by atoms with Crippen LogP contribution in [0.2, 0.25) is 0 Å². The van der Waals surface area contributed by atoms with Crippen LogP contribution in [0.3, 0.4) is 0 Å². The highest BCUT2D eigenvalue weighted by atomic mass is 32.2. The van der Waals surface area contributed by atoms with Gasteiger partial charge < -0.3 is 19.3 Å². The summed E-state index contributed by atoms with van der Waals surface area (Å²) in [6.45, 7) is 2.52. The van der Waals surface area contributed by atoms with E-state index in [4.69, 9.17) is 9.47 Å². The van der Waals surface area contributed by atoms with E-state index in [2.05, 4.69) is 0 Å². The molecule has 4 aliphatic heterocycles. The van der Waals surface area contributed by atoms with Crippen molar-refractivity contribution in [3.8, 4) is 5.75 Å². The first-order valence-corrected chi connectivity index (χ1v) is 10.9. The van der Waals surface area contributed by atoms with Crippen LogP contribution >= 0.6 is 11.8 Å². The van der Waals surface area contributed by atoms with Crippen LogP contribution in [0.15, 0.2) is 36.4 Å². The highest BCUT2D eigenvalue weighted by Gasteiger charge is 2.67. The Bertz CT molecular complexity index is 837. The number of thioether (sulfide) groups is 1. The summed E-state index contributed by atoms with van der Waals surface area (Å²) >= 11 is 1.87. The van der Waals surface area contributed by atoms with Crippen LogP contribution in [0.5, 0.6) is 5.75 Å². The van der Waals surface area contributed by atoms with Crippen LogP contribution in [0, 0.1) is 11.8 Å². The first-order chi connectivity index (χ1) is 13.6. The third kappa shape index (κ3) is 2.75. The quantitative estimate of drug-likeness (QED) is 0.718. The van der Waals surface area contributed by atoms with Crippen molar-refractivity contribution in [2.24, 2.45) is 11.8 Å². The number of benzene rings is 1. The van der Waals surface area contributed by atoms with Gasteiger partial charge in [0, 0.05) is 31.1 Å². The SMILES string of the molecule is COc1cccc(CN2C[C@]34C=C[C@H](O3)[C@H](C(=O)N3CCSCC3)[C@H]4C2=O)c1. The Kier molecular flexibility index (Phi) is 4.39. The van der Waals surface area contributed by atoms with Gasteiger partial charge in [0.1, 0.15) is 11.4 Å². The molecule has 1 aromatic rings. The molecule has 3 saturated heterocycles. The maximum atomic E-state index is 13.3. The normalized spacial score (nSPS) is 33.5. The number of rotatable bonds is 4. The van der Waals surface area contributed by atoms with Crippen LogP contribution in [0.4, 0.5) is 0 Å². The van der Waals surface area contributed by atoms with Gasteiger partial charge in [-0.25, -0.2) is 0 Å². The largest absolute Gasteiger partial charge is 0.497 e. The average Bonchev–Trinajstić information content (AvgIpc) is 3.37. The molecule has 0 aliphatic carbocycles. The molecule has 6 nitrogen and oxygen atoms in total. The van der Waals surface area contributed by atoms with Gasteiger partial charge in [-0.05, 0) is 17.7 Å². The summed E-state index contributed by atoms with van der Waals surface area (Å²) in [5, 5.41) is 0. The molecule has 4 aliphatic rings. The van der Waals surface area contributed by atoms with Crippen LogP contribution in [0.25, 0.3) is 0 Å². The number of carbonyl (C=O) groups is 2. The summed E-state index contributed by atoms with van der Waals surface area (Å²) in [7, 11) is 1.64. The van der Waals surface area contributed by atoms with E-state index in [1.807, 2.05) is 58.0 Å². The second kappa shape index (κ2) is 6.81. The third-order valence-corrected chi connectivity index (χ3v) is 7.24. The number of amides is 2. The lowest BCUT2D eigenvalue weighted by molar-refractivity contribution is -0.143.